The zero-order chi connectivity index (χ0) is 22.7. The minimum absolute atomic E-state index is 0.177. The number of ether oxygens (including phenoxy) is 1. The fourth-order valence-electron chi connectivity index (χ4n) is 2.86. The Morgan fingerprint density at radius 2 is 1.91 bits per heavy atom. The lowest BCUT2D eigenvalue weighted by atomic mass is 10.2. The van der Waals surface area contributed by atoms with Gasteiger partial charge in [0.05, 0.1) is 14.3 Å². The third kappa shape index (κ3) is 5.72. The molecule has 4 rings (SSSR count). The van der Waals surface area contributed by atoms with Gasteiger partial charge in [-0.15, -0.1) is 0 Å². The Kier molecular flexibility index (Phi) is 7.55. The van der Waals surface area contributed by atoms with Crippen LogP contribution in [-0.4, -0.2) is 12.1 Å². The number of nitrogens with zero attached hydrogens (tertiary/aromatic N) is 1. The van der Waals surface area contributed by atoms with Gasteiger partial charge in [-0.3, -0.25) is 4.79 Å². The van der Waals surface area contributed by atoms with E-state index in [-0.39, 0.29) is 5.76 Å². The maximum absolute atomic E-state index is 12.4. The van der Waals surface area contributed by atoms with Crippen LogP contribution in [0.25, 0.3) is 11.0 Å². The van der Waals surface area contributed by atoms with E-state index in [1.54, 1.807) is 12.3 Å². The van der Waals surface area contributed by atoms with Gasteiger partial charge in [0, 0.05) is 14.9 Å². The van der Waals surface area contributed by atoms with Gasteiger partial charge in [0.1, 0.15) is 17.9 Å². The fourth-order valence-corrected chi connectivity index (χ4v) is 5.02. The van der Waals surface area contributed by atoms with Gasteiger partial charge in [0.2, 0.25) is 0 Å². The van der Waals surface area contributed by atoms with Crippen molar-refractivity contribution in [1.29, 1.82) is 0 Å². The molecule has 5 nitrogen and oxygen atoms in total. The average molecular weight is 689 g/mol. The van der Waals surface area contributed by atoms with Crippen LogP contribution in [0.4, 0.5) is 0 Å². The summed E-state index contributed by atoms with van der Waals surface area (Å²) in [5, 5.41) is 5.54. The van der Waals surface area contributed by atoms with Crippen LogP contribution in [0, 0.1) is 3.57 Å². The number of hydrazone groups is 1. The molecule has 1 aromatic heterocycles. The van der Waals surface area contributed by atoms with Crippen molar-refractivity contribution in [3.63, 3.8) is 0 Å². The average Bonchev–Trinajstić information content (AvgIpc) is 3.19. The minimum atomic E-state index is -0.432. The predicted octanol–water partition coefficient (Wildman–Crippen LogP) is 7.56. The number of benzene rings is 3. The molecule has 4 aromatic rings. The van der Waals surface area contributed by atoms with Crippen molar-refractivity contribution in [2.75, 3.05) is 0 Å². The highest BCUT2D eigenvalue weighted by atomic mass is 127. The summed E-state index contributed by atoms with van der Waals surface area (Å²) < 4.78 is 14.1. The quantitative estimate of drug-likeness (QED) is 0.129. The summed E-state index contributed by atoms with van der Waals surface area (Å²) in [7, 11) is 0. The van der Waals surface area contributed by atoms with Gasteiger partial charge < -0.3 is 9.15 Å². The van der Waals surface area contributed by atoms with Gasteiger partial charge in [-0.1, -0.05) is 39.7 Å². The molecule has 0 unspecified atom stereocenters. The van der Waals surface area contributed by atoms with Crippen molar-refractivity contribution in [2.24, 2.45) is 5.10 Å². The number of carbonyl (C=O) groups is 1. The van der Waals surface area contributed by atoms with Crippen LogP contribution in [0.15, 0.2) is 79.1 Å². The van der Waals surface area contributed by atoms with E-state index in [9.17, 15) is 4.79 Å². The van der Waals surface area contributed by atoms with Gasteiger partial charge in [0.15, 0.2) is 5.76 Å². The molecule has 0 aliphatic carbocycles. The monoisotopic (exact) mass is 686 g/mol. The lowest BCUT2D eigenvalue weighted by Gasteiger charge is -2.09. The molecule has 162 valence electrons. The van der Waals surface area contributed by atoms with Crippen molar-refractivity contribution in [3.05, 3.63) is 95.1 Å². The molecule has 0 saturated heterocycles. The van der Waals surface area contributed by atoms with Crippen molar-refractivity contribution >= 4 is 89.1 Å². The van der Waals surface area contributed by atoms with Crippen LogP contribution < -0.4 is 10.2 Å². The van der Waals surface area contributed by atoms with Gasteiger partial charge in [-0.25, -0.2) is 5.43 Å². The summed E-state index contributed by atoms with van der Waals surface area (Å²) in [5.41, 5.74) is 4.95. The molecular formula is C23H14Br2ClIN2O3. The van der Waals surface area contributed by atoms with E-state index in [1.807, 2.05) is 54.6 Å². The summed E-state index contributed by atoms with van der Waals surface area (Å²) >= 11 is 15.0. The number of furan rings is 1. The first-order chi connectivity index (χ1) is 15.4. The third-order valence-electron chi connectivity index (χ3n) is 4.40. The minimum Gasteiger partial charge on any atom is -0.488 e. The number of amides is 1. The van der Waals surface area contributed by atoms with Crippen LogP contribution >= 0.6 is 66.1 Å². The SMILES string of the molecule is O=C(N/N=C\c1ccc(OCc2ccc(Cl)cc2)c(I)c1)c1cc2cc(Br)cc(Br)c2o1. The van der Waals surface area contributed by atoms with E-state index in [2.05, 4.69) is 65.0 Å². The molecule has 0 bridgehead atoms. The molecule has 0 aliphatic rings. The molecule has 1 N–H and O–H groups in total. The number of hydrogen-bond acceptors (Lipinski definition) is 4. The van der Waals surface area contributed by atoms with E-state index in [0.717, 1.165) is 34.8 Å². The molecule has 1 amide bonds. The number of nitrogens with one attached hydrogen (secondary N) is 1. The summed E-state index contributed by atoms with van der Waals surface area (Å²) in [6.07, 6.45) is 1.57. The standard InChI is InChI=1S/C23H14Br2ClIN2O3/c24-16-8-15-9-21(32-22(15)18(25)10-16)23(30)29-28-11-14-3-6-20(19(27)7-14)31-12-13-1-4-17(26)5-2-13/h1-11H,12H2,(H,29,30)/b28-11-. The fraction of sp³-hybridized carbons (Fsp3) is 0.0435. The van der Waals surface area contributed by atoms with Crippen LogP contribution in [0.5, 0.6) is 5.75 Å². The Labute approximate surface area is 219 Å². The molecule has 1 heterocycles. The Morgan fingerprint density at radius 1 is 1.12 bits per heavy atom. The van der Waals surface area contributed by atoms with Gasteiger partial charge in [-0.05, 0) is 98.2 Å². The maximum Gasteiger partial charge on any atom is 0.307 e. The van der Waals surface area contributed by atoms with Crippen LogP contribution in [0.3, 0.4) is 0 Å². The first-order valence-corrected chi connectivity index (χ1v) is 12.3. The van der Waals surface area contributed by atoms with E-state index < -0.39 is 5.91 Å². The second-order valence-electron chi connectivity index (χ2n) is 6.72. The molecule has 0 atom stereocenters. The second-order valence-corrected chi connectivity index (χ2v) is 10.1. The molecule has 0 saturated carbocycles. The van der Waals surface area contributed by atoms with E-state index >= 15 is 0 Å². The van der Waals surface area contributed by atoms with Gasteiger partial charge in [0.25, 0.3) is 0 Å². The summed E-state index contributed by atoms with van der Waals surface area (Å²) in [4.78, 5) is 12.4. The number of rotatable bonds is 6. The normalized spacial score (nSPS) is 11.2. The zero-order valence-corrected chi connectivity index (χ0v) is 22.3. The maximum atomic E-state index is 12.4. The molecule has 0 aliphatic heterocycles. The molecule has 9 heteroatoms. The summed E-state index contributed by atoms with van der Waals surface area (Å²) in [5.74, 6) is 0.510. The number of hydrogen-bond donors (Lipinski definition) is 1. The van der Waals surface area contributed by atoms with E-state index in [1.165, 1.54) is 0 Å². The van der Waals surface area contributed by atoms with Crippen molar-refractivity contribution < 1.29 is 13.9 Å². The van der Waals surface area contributed by atoms with Gasteiger partial charge in [-0.2, -0.15) is 5.10 Å². The first kappa shape index (κ1) is 23.3. The number of halogens is 4. The molecule has 0 radical (unpaired) electrons. The molecule has 0 fully saturated rings. The van der Waals surface area contributed by atoms with Gasteiger partial charge >= 0.3 is 5.91 Å². The van der Waals surface area contributed by atoms with Crippen molar-refractivity contribution in [3.8, 4) is 5.75 Å². The van der Waals surface area contributed by atoms with Crippen molar-refractivity contribution in [1.82, 2.24) is 5.43 Å². The smallest absolute Gasteiger partial charge is 0.307 e. The highest BCUT2D eigenvalue weighted by Crippen LogP contribution is 2.31. The molecule has 0 spiro atoms. The Morgan fingerprint density at radius 3 is 2.66 bits per heavy atom. The predicted molar refractivity (Wildman–Crippen MR) is 142 cm³/mol. The lowest BCUT2D eigenvalue weighted by Crippen LogP contribution is -2.16. The topological polar surface area (TPSA) is 63.8 Å². The Bertz CT molecular complexity index is 1320. The summed E-state index contributed by atoms with van der Waals surface area (Å²) in [6, 6.07) is 18.6. The highest BCUT2D eigenvalue weighted by Gasteiger charge is 2.14. The van der Waals surface area contributed by atoms with Crippen LogP contribution in [0.2, 0.25) is 5.02 Å². The second kappa shape index (κ2) is 10.4. The van der Waals surface area contributed by atoms with E-state index in [4.69, 9.17) is 20.8 Å². The summed E-state index contributed by atoms with van der Waals surface area (Å²) in [6.45, 7) is 0.445. The highest BCUT2D eigenvalue weighted by molar-refractivity contribution is 14.1. The largest absolute Gasteiger partial charge is 0.488 e. The van der Waals surface area contributed by atoms with E-state index in [0.29, 0.717) is 17.2 Å². The first-order valence-electron chi connectivity index (χ1n) is 9.28. The Hall–Kier alpha value is -1.88. The Balaban J connectivity index is 1.38. The van der Waals surface area contributed by atoms with Crippen LogP contribution in [0.1, 0.15) is 21.7 Å². The molecule has 3 aromatic carbocycles. The van der Waals surface area contributed by atoms with Crippen LogP contribution in [-0.2, 0) is 6.61 Å². The molecular weight excluding hydrogens is 674 g/mol. The van der Waals surface area contributed by atoms with Crippen molar-refractivity contribution in [2.45, 2.75) is 6.61 Å². The lowest BCUT2D eigenvalue weighted by molar-refractivity contribution is 0.0929. The third-order valence-corrected chi connectivity index (χ3v) is 6.54. The number of fused-ring (bicyclic) bond motifs is 1. The zero-order valence-electron chi connectivity index (χ0n) is 16.2. The number of carbonyl (C=O) groups excluding carboxylic acids is 1. The molecule has 32 heavy (non-hydrogen) atoms.